The maximum absolute atomic E-state index is 12.8. The number of carbonyl (C=O) groups is 1. The van der Waals surface area contributed by atoms with E-state index in [0.717, 1.165) is 17.7 Å². The Morgan fingerprint density at radius 3 is 2.58 bits per heavy atom. The third kappa shape index (κ3) is 4.39. The summed E-state index contributed by atoms with van der Waals surface area (Å²) >= 11 is 1.39. The Kier molecular flexibility index (Phi) is 6.20. The van der Waals surface area contributed by atoms with Gasteiger partial charge in [0.1, 0.15) is 0 Å². The lowest BCUT2D eigenvalue weighted by molar-refractivity contribution is -0.122. The SMILES string of the molecule is CCc1ccc(N=C2S/C(=C\c3ccncc3)C(=O)N2CCOC)cc1. The van der Waals surface area contributed by atoms with E-state index in [1.807, 2.05) is 30.3 Å². The number of carbonyl (C=O) groups excluding carboxylic acids is 1. The number of amidine groups is 1. The lowest BCUT2D eigenvalue weighted by Crippen LogP contribution is -2.32. The second kappa shape index (κ2) is 8.78. The van der Waals surface area contributed by atoms with Crippen LogP contribution in [0.25, 0.3) is 6.08 Å². The van der Waals surface area contributed by atoms with Crippen LogP contribution in [-0.4, -0.2) is 41.2 Å². The van der Waals surface area contributed by atoms with E-state index < -0.39 is 0 Å². The van der Waals surface area contributed by atoms with Crippen molar-refractivity contribution in [1.29, 1.82) is 0 Å². The molecule has 0 bridgehead atoms. The first-order chi connectivity index (χ1) is 12.7. The van der Waals surface area contributed by atoms with E-state index in [0.29, 0.717) is 23.2 Å². The fourth-order valence-corrected chi connectivity index (χ4v) is 3.52. The highest BCUT2D eigenvalue weighted by molar-refractivity contribution is 8.18. The molecule has 2 heterocycles. The summed E-state index contributed by atoms with van der Waals surface area (Å²) in [6, 6.07) is 11.8. The first kappa shape index (κ1) is 18.4. The molecule has 0 unspecified atom stereocenters. The van der Waals surface area contributed by atoms with Crippen LogP contribution in [0.5, 0.6) is 0 Å². The molecule has 1 amide bonds. The molecule has 1 aromatic carbocycles. The molecule has 1 aliphatic rings. The number of pyridine rings is 1. The van der Waals surface area contributed by atoms with E-state index in [4.69, 9.17) is 4.74 Å². The van der Waals surface area contributed by atoms with Gasteiger partial charge in [0.05, 0.1) is 23.7 Å². The number of hydrogen-bond donors (Lipinski definition) is 0. The lowest BCUT2D eigenvalue weighted by Gasteiger charge is -2.14. The van der Waals surface area contributed by atoms with Gasteiger partial charge in [0, 0.05) is 19.5 Å². The molecule has 6 heteroatoms. The molecule has 26 heavy (non-hydrogen) atoms. The van der Waals surface area contributed by atoms with Crippen LogP contribution in [0.1, 0.15) is 18.1 Å². The number of amides is 1. The number of aryl methyl sites for hydroxylation is 1. The molecule has 0 aliphatic carbocycles. The fraction of sp³-hybridized carbons (Fsp3) is 0.250. The molecule has 5 nitrogen and oxygen atoms in total. The number of benzene rings is 1. The summed E-state index contributed by atoms with van der Waals surface area (Å²) in [5.74, 6) is -0.0483. The van der Waals surface area contributed by atoms with Crippen LogP contribution in [0.2, 0.25) is 0 Å². The van der Waals surface area contributed by atoms with Crippen LogP contribution in [0.15, 0.2) is 58.7 Å². The molecule has 0 saturated carbocycles. The Hall–Kier alpha value is -2.44. The maximum Gasteiger partial charge on any atom is 0.266 e. The van der Waals surface area contributed by atoms with Gasteiger partial charge in [-0.05, 0) is 59.7 Å². The molecule has 1 saturated heterocycles. The van der Waals surface area contributed by atoms with Gasteiger partial charge < -0.3 is 4.74 Å². The summed E-state index contributed by atoms with van der Waals surface area (Å²) in [5.41, 5.74) is 3.04. The first-order valence-electron chi connectivity index (χ1n) is 8.49. The summed E-state index contributed by atoms with van der Waals surface area (Å²) < 4.78 is 5.15. The summed E-state index contributed by atoms with van der Waals surface area (Å²) in [6.45, 7) is 3.06. The van der Waals surface area contributed by atoms with Crippen molar-refractivity contribution in [3.05, 3.63) is 64.8 Å². The number of rotatable bonds is 6. The zero-order chi connectivity index (χ0) is 18.4. The van der Waals surface area contributed by atoms with Crippen molar-refractivity contribution in [2.45, 2.75) is 13.3 Å². The van der Waals surface area contributed by atoms with Crippen molar-refractivity contribution in [3.63, 3.8) is 0 Å². The first-order valence-corrected chi connectivity index (χ1v) is 9.31. The predicted octanol–water partition coefficient (Wildman–Crippen LogP) is 3.89. The molecule has 0 N–H and O–H groups in total. The molecule has 3 rings (SSSR count). The van der Waals surface area contributed by atoms with Crippen molar-refractivity contribution < 1.29 is 9.53 Å². The molecule has 2 aromatic rings. The number of methoxy groups -OCH3 is 1. The van der Waals surface area contributed by atoms with Crippen molar-refractivity contribution >= 4 is 34.6 Å². The summed E-state index contributed by atoms with van der Waals surface area (Å²) in [4.78, 5) is 23.8. The zero-order valence-electron chi connectivity index (χ0n) is 14.9. The van der Waals surface area contributed by atoms with E-state index in [2.05, 4.69) is 29.0 Å². The Balaban J connectivity index is 1.89. The Labute approximate surface area is 157 Å². The van der Waals surface area contributed by atoms with Crippen molar-refractivity contribution in [3.8, 4) is 0 Å². The number of thioether (sulfide) groups is 1. The molecule has 0 atom stereocenters. The quantitative estimate of drug-likeness (QED) is 0.727. The maximum atomic E-state index is 12.8. The Morgan fingerprint density at radius 2 is 1.92 bits per heavy atom. The number of ether oxygens (including phenoxy) is 1. The van der Waals surface area contributed by atoms with Crippen LogP contribution in [0.4, 0.5) is 5.69 Å². The van der Waals surface area contributed by atoms with Crippen molar-refractivity contribution in [1.82, 2.24) is 9.88 Å². The highest BCUT2D eigenvalue weighted by Crippen LogP contribution is 2.34. The molecule has 1 aliphatic heterocycles. The molecular formula is C20H21N3O2S. The summed E-state index contributed by atoms with van der Waals surface area (Å²) in [6.07, 6.45) is 6.28. The van der Waals surface area contributed by atoms with Gasteiger partial charge in [-0.2, -0.15) is 0 Å². The summed E-state index contributed by atoms with van der Waals surface area (Å²) in [7, 11) is 1.63. The molecule has 1 aromatic heterocycles. The van der Waals surface area contributed by atoms with E-state index in [9.17, 15) is 4.79 Å². The number of nitrogens with zero attached hydrogens (tertiary/aromatic N) is 3. The third-order valence-electron chi connectivity index (χ3n) is 3.98. The van der Waals surface area contributed by atoms with Gasteiger partial charge in [-0.25, -0.2) is 4.99 Å². The topological polar surface area (TPSA) is 54.8 Å². The minimum absolute atomic E-state index is 0.0483. The average Bonchev–Trinajstić information content (AvgIpc) is 2.96. The minimum Gasteiger partial charge on any atom is -0.383 e. The molecule has 1 fully saturated rings. The highest BCUT2D eigenvalue weighted by Gasteiger charge is 2.33. The van der Waals surface area contributed by atoms with Crippen LogP contribution >= 0.6 is 11.8 Å². The van der Waals surface area contributed by atoms with Gasteiger partial charge in [0.25, 0.3) is 5.91 Å². The van der Waals surface area contributed by atoms with E-state index >= 15 is 0 Å². The monoisotopic (exact) mass is 367 g/mol. The van der Waals surface area contributed by atoms with Gasteiger partial charge in [-0.1, -0.05) is 19.1 Å². The summed E-state index contributed by atoms with van der Waals surface area (Å²) in [5, 5.41) is 0.677. The average molecular weight is 367 g/mol. The molecule has 0 spiro atoms. The smallest absolute Gasteiger partial charge is 0.266 e. The number of hydrogen-bond acceptors (Lipinski definition) is 5. The number of aromatic nitrogens is 1. The lowest BCUT2D eigenvalue weighted by atomic mass is 10.2. The predicted molar refractivity (Wildman–Crippen MR) is 106 cm³/mol. The second-order valence-electron chi connectivity index (χ2n) is 5.76. The van der Waals surface area contributed by atoms with E-state index in [1.54, 1.807) is 24.4 Å². The second-order valence-corrected chi connectivity index (χ2v) is 6.76. The fourth-order valence-electron chi connectivity index (χ4n) is 2.50. The van der Waals surface area contributed by atoms with Crippen LogP contribution in [0.3, 0.4) is 0 Å². The van der Waals surface area contributed by atoms with Crippen molar-refractivity contribution in [2.24, 2.45) is 4.99 Å². The van der Waals surface area contributed by atoms with E-state index in [1.165, 1.54) is 17.3 Å². The molecule has 134 valence electrons. The normalized spacial score (nSPS) is 17.5. The standard InChI is InChI=1S/C20H21N3O2S/c1-3-15-4-6-17(7-5-15)22-20-23(12-13-25-2)19(24)18(26-20)14-16-8-10-21-11-9-16/h4-11,14H,3,12-13H2,1-2H3/b18-14-,22-20?. The third-order valence-corrected chi connectivity index (χ3v) is 4.99. The van der Waals surface area contributed by atoms with E-state index in [-0.39, 0.29) is 5.91 Å². The zero-order valence-corrected chi connectivity index (χ0v) is 15.7. The van der Waals surface area contributed by atoms with Crippen LogP contribution in [0, 0.1) is 0 Å². The van der Waals surface area contributed by atoms with Gasteiger partial charge in [-0.15, -0.1) is 0 Å². The van der Waals surface area contributed by atoms with Gasteiger partial charge >= 0.3 is 0 Å². The minimum atomic E-state index is -0.0483. The largest absolute Gasteiger partial charge is 0.383 e. The van der Waals surface area contributed by atoms with Gasteiger partial charge in [-0.3, -0.25) is 14.7 Å². The van der Waals surface area contributed by atoms with Gasteiger partial charge in [0.2, 0.25) is 0 Å². The number of aliphatic imine (C=N–C) groups is 1. The molecular weight excluding hydrogens is 346 g/mol. The highest BCUT2D eigenvalue weighted by atomic mass is 32.2. The van der Waals surface area contributed by atoms with Crippen LogP contribution in [-0.2, 0) is 16.0 Å². The Bertz CT molecular complexity index is 817. The van der Waals surface area contributed by atoms with Crippen LogP contribution < -0.4 is 0 Å². The Morgan fingerprint density at radius 1 is 1.19 bits per heavy atom. The molecule has 0 radical (unpaired) electrons. The van der Waals surface area contributed by atoms with Gasteiger partial charge in [0.15, 0.2) is 5.17 Å². The van der Waals surface area contributed by atoms with Crippen molar-refractivity contribution in [2.75, 3.05) is 20.3 Å².